The van der Waals surface area contributed by atoms with Crippen molar-refractivity contribution in [2.45, 2.75) is 63.1 Å². The molecule has 3 aromatic rings. The normalized spacial score (nSPS) is 22.0. The van der Waals surface area contributed by atoms with Crippen LogP contribution in [0.1, 0.15) is 62.5 Å². The number of aromatic nitrogens is 4. The van der Waals surface area contributed by atoms with Crippen molar-refractivity contribution < 1.29 is 24.1 Å². The quantitative estimate of drug-likeness (QED) is 0.395. The number of aromatic amines is 1. The van der Waals surface area contributed by atoms with Gasteiger partial charge in [0.25, 0.3) is 5.56 Å². The van der Waals surface area contributed by atoms with E-state index in [0.717, 1.165) is 17.2 Å². The largest absolute Gasteiger partial charge is 0.493 e. The molecular weight excluding hydrogens is 480 g/mol. The van der Waals surface area contributed by atoms with Crippen LogP contribution in [0, 0.1) is 0 Å². The van der Waals surface area contributed by atoms with Crippen LogP contribution >= 0.6 is 0 Å². The molecule has 0 radical (unpaired) electrons. The molecule has 2 N–H and O–H groups in total. The molecule has 2 atom stereocenters. The predicted octanol–water partition coefficient (Wildman–Crippen LogP) is 2.83. The first-order valence-electron chi connectivity index (χ1n) is 15.8. The van der Waals surface area contributed by atoms with E-state index in [2.05, 4.69) is 19.8 Å². The summed E-state index contributed by atoms with van der Waals surface area (Å²) in [7, 11) is -1.35. The van der Waals surface area contributed by atoms with Crippen LogP contribution in [-0.4, -0.2) is 65.8 Å². The van der Waals surface area contributed by atoms with Crippen molar-refractivity contribution in [3.05, 3.63) is 34.2 Å². The lowest BCUT2D eigenvalue weighted by Crippen LogP contribution is -2.31. The minimum Gasteiger partial charge on any atom is -0.493 e. The predicted molar refractivity (Wildman–Crippen MR) is 140 cm³/mol. The van der Waals surface area contributed by atoms with Crippen molar-refractivity contribution in [3.8, 4) is 17.1 Å². The zero-order valence-corrected chi connectivity index (χ0v) is 21.3. The second-order valence-corrected chi connectivity index (χ2v) is 10.2. The SMILES string of the molecule is [2H]C(NS(=O)(=O)c1ccc(OCCC)c(-c2nc3c(C([2H])([2H])CC([2H])([2H])[2H])nn(C)c3c(=O)[nH]2)c1)C([2H])([2H])C1CCCN1C. The van der Waals surface area contributed by atoms with Gasteiger partial charge in [0.1, 0.15) is 17.1 Å². The van der Waals surface area contributed by atoms with Gasteiger partial charge in [-0.2, -0.15) is 5.10 Å². The maximum absolute atomic E-state index is 13.4. The monoisotopic (exact) mass is 524 g/mol. The van der Waals surface area contributed by atoms with E-state index in [4.69, 9.17) is 15.7 Å². The number of nitrogens with zero attached hydrogens (tertiary/aromatic N) is 4. The average molecular weight is 525 g/mol. The summed E-state index contributed by atoms with van der Waals surface area (Å²) in [5.41, 5.74) is -1.39. The number of rotatable bonds is 11. The Morgan fingerprint density at radius 3 is 2.89 bits per heavy atom. The number of fused-ring (bicyclic) bond motifs is 1. The summed E-state index contributed by atoms with van der Waals surface area (Å²) in [4.78, 5) is 21.6. The maximum Gasteiger partial charge on any atom is 0.277 e. The van der Waals surface area contributed by atoms with Gasteiger partial charge >= 0.3 is 0 Å². The summed E-state index contributed by atoms with van der Waals surface area (Å²) in [6.45, 7) is -1.75. The summed E-state index contributed by atoms with van der Waals surface area (Å²) >= 11 is 0. The first-order chi connectivity index (χ1) is 20.3. The molecule has 11 heteroatoms. The zero-order chi connectivity index (χ0) is 32.8. The number of nitrogens with one attached hydrogen (secondary N) is 2. The molecule has 196 valence electrons. The first kappa shape index (κ1) is 17.7. The molecule has 0 spiro atoms. The van der Waals surface area contributed by atoms with Crippen LogP contribution in [0.4, 0.5) is 0 Å². The van der Waals surface area contributed by atoms with E-state index in [1.165, 1.54) is 19.2 Å². The van der Waals surface area contributed by atoms with Gasteiger partial charge in [-0.05, 0) is 63.8 Å². The molecule has 1 saturated heterocycles. The minimum absolute atomic E-state index is 0.0200. The molecule has 36 heavy (non-hydrogen) atoms. The number of aryl methyl sites for hydroxylation is 2. The first-order valence-corrected chi connectivity index (χ1v) is 13.2. The van der Waals surface area contributed by atoms with Crippen molar-refractivity contribution in [1.29, 1.82) is 0 Å². The number of hydrogen-bond acceptors (Lipinski definition) is 7. The van der Waals surface area contributed by atoms with E-state index >= 15 is 0 Å². The van der Waals surface area contributed by atoms with Gasteiger partial charge in [-0.15, -0.1) is 0 Å². The molecule has 0 aliphatic carbocycles. The molecule has 0 amide bonds. The summed E-state index contributed by atoms with van der Waals surface area (Å²) in [5, 5.41) is 4.08. The third-order valence-corrected chi connectivity index (χ3v) is 7.24. The van der Waals surface area contributed by atoms with Crippen molar-refractivity contribution >= 4 is 21.1 Å². The molecule has 1 aromatic carbocycles. The van der Waals surface area contributed by atoms with Crippen LogP contribution in [0.5, 0.6) is 5.75 Å². The van der Waals surface area contributed by atoms with Crippen LogP contribution in [0.2, 0.25) is 0 Å². The molecule has 2 aromatic heterocycles. The van der Waals surface area contributed by atoms with Crippen molar-refractivity contribution in [2.75, 3.05) is 26.7 Å². The maximum atomic E-state index is 13.4. The van der Waals surface area contributed by atoms with E-state index < -0.39 is 54.2 Å². The number of hydrogen-bond donors (Lipinski definition) is 2. The van der Waals surface area contributed by atoms with Crippen LogP contribution < -0.4 is 15.0 Å². The Balaban J connectivity index is 1.81. The minimum atomic E-state index is -4.47. The van der Waals surface area contributed by atoms with Gasteiger partial charge < -0.3 is 14.6 Å². The number of H-pyrrole nitrogens is 1. The highest BCUT2D eigenvalue weighted by molar-refractivity contribution is 7.89. The van der Waals surface area contributed by atoms with Gasteiger partial charge in [-0.1, -0.05) is 20.2 Å². The second-order valence-electron chi connectivity index (χ2n) is 8.51. The third kappa shape index (κ3) is 5.47. The third-order valence-electron chi connectivity index (χ3n) is 5.94. The highest BCUT2D eigenvalue weighted by Crippen LogP contribution is 2.31. The summed E-state index contributed by atoms with van der Waals surface area (Å²) in [6, 6.07) is 3.09. The summed E-state index contributed by atoms with van der Waals surface area (Å²) in [5.74, 6) is -0.0375. The average Bonchev–Trinajstić information content (AvgIpc) is 3.49. The highest BCUT2D eigenvalue weighted by Gasteiger charge is 2.23. The molecule has 10 nitrogen and oxygen atoms in total. The molecule has 2 unspecified atom stereocenters. The lowest BCUT2D eigenvalue weighted by atomic mass is 10.1. The van der Waals surface area contributed by atoms with Crippen LogP contribution in [0.15, 0.2) is 27.9 Å². The van der Waals surface area contributed by atoms with Crippen molar-refractivity contribution in [3.63, 3.8) is 0 Å². The Hall–Kier alpha value is -2.76. The van der Waals surface area contributed by atoms with Gasteiger partial charge in [0.05, 0.1) is 22.8 Å². The molecule has 0 saturated carbocycles. The number of sulfonamides is 1. The van der Waals surface area contributed by atoms with Gasteiger partial charge in [0.15, 0.2) is 5.52 Å². The van der Waals surface area contributed by atoms with Crippen LogP contribution in [0.3, 0.4) is 0 Å². The molecular formula is C25H36N6O4S. The molecule has 1 fully saturated rings. The van der Waals surface area contributed by atoms with Gasteiger partial charge in [-0.3, -0.25) is 9.48 Å². The van der Waals surface area contributed by atoms with Crippen LogP contribution in [-0.2, 0) is 23.4 Å². The Bertz CT molecular complexity index is 1690. The molecule has 3 heterocycles. The van der Waals surface area contributed by atoms with E-state index in [-0.39, 0.29) is 45.4 Å². The smallest absolute Gasteiger partial charge is 0.277 e. The van der Waals surface area contributed by atoms with Crippen LogP contribution in [0.25, 0.3) is 22.4 Å². The van der Waals surface area contributed by atoms with Crippen molar-refractivity contribution in [2.24, 2.45) is 7.05 Å². The number of benzene rings is 1. The van der Waals surface area contributed by atoms with E-state index in [1.54, 1.807) is 11.9 Å². The Morgan fingerprint density at radius 2 is 2.17 bits per heavy atom. The van der Waals surface area contributed by atoms with E-state index in [1.807, 2.05) is 6.92 Å². The fraction of sp³-hybridized carbons (Fsp3) is 0.560. The molecule has 4 rings (SSSR count). The lowest BCUT2D eigenvalue weighted by Gasteiger charge is -2.19. The molecule has 1 aliphatic heterocycles. The van der Waals surface area contributed by atoms with E-state index in [0.29, 0.717) is 19.4 Å². The Morgan fingerprint density at radius 1 is 1.33 bits per heavy atom. The zero-order valence-electron chi connectivity index (χ0n) is 28.5. The van der Waals surface area contributed by atoms with Gasteiger partial charge in [0, 0.05) is 30.6 Å². The topological polar surface area (TPSA) is 122 Å². The lowest BCUT2D eigenvalue weighted by molar-refractivity contribution is 0.297. The molecule has 1 aliphatic rings. The number of ether oxygens (including phenoxy) is 1. The summed E-state index contributed by atoms with van der Waals surface area (Å²) in [6.07, 6.45) is -3.77. The highest BCUT2D eigenvalue weighted by atomic mass is 32.2. The number of likely N-dealkylation sites (tertiary alicyclic amines) is 1. The summed E-state index contributed by atoms with van der Waals surface area (Å²) < 4.78 is 101. The fourth-order valence-electron chi connectivity index (χ4n) is 4.11. The standard InChI is InChI=1S/C25H36N6O4S/c1-5-8-20-22-23(31(4)29-20)25(32)28-24(27-22)19-16-18(10-11-21(19)35-15-6-2)36(33,34)26-13-12-17-9-7-14-30(17)3/h10-11,16-17,26H,5-9,12-15H2,1-4H3,(H,27,28,32)/i1D3,8D2,12D2,13D. The van der Waals surface area contributed by atoms with E-state index in [9.17, 15) is 13.2 Å². The second kappa shape index (κ2) is 11.1. The fourth-order valence-corrected chi connectivity index (χ4v) is 4.99. The van der Waals surface area contributed by atoms with Gasteiger partial charge in [-0.25, -0.2) is 18.1 Å². The van der Waals surface area contributed by atoms with Crippen molar-refractivity contribution in [1.82, 2.24) is 29.4 Å². The van der Waals surface area contributed by atoms with Gasteiger partial charge in [0.2, 0.25) is 10.0 Å². The molecule has 0 bridgehead atoms. The Kier molecular flexibility index (Phi) is 5.44. The Labute approximate surface area is 223 Å².